The van der Waals surface area contributed by atoms with Crippen molar-refractivity contribution in [3.63, 3.8) is 0 Å². The molecule has 2 fully saturated rings. The van der Waals surface area contributed by atoms with Crippen LogP contribution in [-0.2, 0) is 18.8 Å². The monoisotopic (exact) mass is 376 g/mol. The van der Waals surface area contributed by atoms with Gasteiger partial charge in [0.1, 0.15) is 18.6 Å². The van der Waals surface area contributed by atoms with Gasteiger partial charge in [-0.1, -0.05) is 12.1 Å². The summed E-state index contributed by atoms with van der Waals surface area (Å²) in [6.45, 7) is 9.45. The maximum Gasteiger partial charge on any atom is 0.499 e. The molecule has 27 heavy (non-hydrogen) atoms. The fourth-order valence-electron chi connectivity index (χ4n) is 3.18. The first-order valence-electron chi connectivity index (χ1n) is 9.64. The normalized spacial score (nSPS) is 24.0. The van der Waals surface area contributed by atoms with E-state index in [0.29, 0.717) is 30.0 Å². The van der Waals surface area contributed by atoms with E-state index >= 15 is 0 Å². The molecule has 0 amide bonds. The van der Waals surface area contributed by atoms with Crippen LogP contribution < -0.4 is 10.2 Å². The van der Waals surface area contributed by atoms with Crippen LogP contribution in [0, 0.1) is 0 Å². The quantitative estimate of drug-likeness (QED) is 0.414. The molecule has 0 N–H and O–H groups in total. The predicted molar refractivity (Wildman–Crippen MR) is 103 cm³/mol. The molecule has 6 nitrogen and oxygen atoms in total. The number of hydrogen-bond acceptors (Lipinski definition) is 6. The summed E-state index contributed by atoms with van der Waals surface area (Å²) < 4.78 is 29.4. The lowest BCUT2D eigenvalue weighted by molar-refractivity contribution is -0.165. The number of ether oxygens (including phenoxy) is 3. The molecule has 0 aliphatic carbocycles. The highest BCUT2D eigenvalue weighted by molar-refractivity contribution is 6.64. The molecule has 0 spiro atoms. The summed E-state index contributed by atoms with van der Waals surface area (Å²) in [5.41, 5.74) is 0.140. The number of hydrogen-bond donors (Lipinski definition) is 0. The second-order valence-corrected chi connectivity index (χ2v) is 7.98. The van der Waals surface area contributed by atoms with Gasteiger partial charge in [0, 0.05) is 17.6 Å². The van der Waals surface area contributed by atoms with Crippen LogP contribution >= 0.6 is 0 Å². The highest BCUT2D eigenvalue weighted by atomic mass is 16.7. The zero-order chi connectivity index (χ0) is 19.5. The molecule has 148 valence electrons. The maximum absolute atomic E-state index is 11.6. The zero-order valence-corrected chi connectivity index (χ0v) is 16.7. The van der Waals surface area contributed by atoms with Gasteiger partial charge in [-0.3, -0.25) is 4.79 Å². The Hall–Kier alpha value is -1.41. The topological polar surface area (TPSA) is 63.2 Å². The molecule has 1 aromatic carbocycles. The molecule has 1 atom stereocenters. The Labute approximate surface area is 161 Å². The second kappa shape index (κ2) is 8.31. The summed E-state index contributed by atoms with van der Waals surface area (Å²) in [5, 5.41) is 0. The molecule has 2 aliphatic heterocycles. The van der Waals surface area contributed by atoms with Crippen LogP contribution in [0.25, 0.3) is 0 Å². The Bertz CT molecular complexity index is 638. The molecule has 1 unspecified atom stereocenters. The minimum atomic E-state index is -0.658. The summed E-state index contributed by atoms with van der Waals surface area (Å²) in [5.74, 6) is 0.575. The Kier molecular flexibility index (Phi) is 6.26. The van der Waals surface area contributed by atoms with Gasteiger partial charge in [0.15, 0.2) is 6.29 Å². The van der Waals surface area contributed by atoms with E-state index in [1.165, 1.54) is 0 Å². The number of benzene rings is 1. The molecule has 2 saturated heterocycles. The molecule has 7 heteroatoms. The fraction of sp³-hybridized carbons (Fsp3) is 0.650. The summed E-state index contributed by atoms with van der Waals surface area (Å²) in [6.07, 6.45) is 3.79. The Morgan fingerprint density at radius 2 is 1.89 bits per heavy atom. The largest absolute Gasteiger partial charge is 0.499 e. The van der Waals surface area contributed by atoms with E-state index in [9.17, 15) is 4.79 Å². The number of carbonyl (C=O) groups excluding carboxylic acids is 1. The van der Waals surface area contributed by atoms with Crippen LogP contribution in [0.4, 0.5) is 0 Å². The fourth-order valence-corrected chi connectivity index (χ4v) is 3.18. The zero-order valence-electron chi connectivity index (χ0n) is 16.7. The van der Waals surface area contributed by atoms with Crippen molar-refractivity contribution >= 4 is 18.9 Å². The summed E-state index contributed by atoms with van der Waals surface area (Å²) in [6, 6.07) is 5.36. The van der Waals surface area contributed by atoms with Crippen molar-refractivity contribution in [3.05, 3.63) is 23.8 Å². The predicted octanol–water partition coefficient (Wildman–Crippen LogP) is 2.72. The number of carbonyl (C=O) groups is 1. The van der Waals surface area contributed by atoms with Gasteiger partial charge in [-0.05, 0) is 53.0 Å². The van der Waals surface area contributed by atoms with Gasteiger partial charge in [0.25, 0.3) is 0 Å². The van der Waals surface area contributed by atoms with Crippen molar-refractivity contribution in [1.29, 1.82) is 0 Å². The molecule has 3 rings (SSSR count). The highest BCUT2D eigenvalue weighted by Crippen LogP contribution is 2.37. The van der Waals surface area contributed by atoms with E-state index in [1.54, 1.807) is 12.1 Å². The second-order valence-electron chi connectivity index (χ2n) is 7.98. The Balaban J connectivity index is 1.68. The lowest BCUT2D eigenvalue weighted by atomic mass is 9.75. The van der Waals surface area contributed by atoms with Crippen molar-refractivity contribution in [2.45, 2.75) is 64.4 Å². The molecule has 0 saturated carbocycles. The smallest absolute Gasteiger partial charge is 0.492 e. The third-order valence-electron chi connectivity index (χ3n) is 5.50. The van der Waals surface area contributed by atoms with E-state index in [4.69, 9.17) is 23.5 Å². The highest BCUT2D eigenvalue weighted by Gasteiger charge is 2.53. The van der Waals surface area contributed by atoms with Crippen molar-refractivity contribution in [3.8, 4) is 5.75 Å². The van der Waals surface area contributed by atoms with Crippen molar-refractivity contribution in [2.24, 2.45) is 0 Å². The first-order valence-corrected chi connectivity index (χ1v) is 9.64. The molecular formula is C20H29BO6. The van der Waals surface area contributed by atoms with Crippen molar-refractivity contribution in [2.75, 3.05) is 19.8 Å². The van der Waals surface area contributed by atoms with Crippen LogP contribution in [0.5, 0.6) is 5.75 Å². The van der Waals surface area contributed by atoms with Crippen molar-refractivity contribution in [1.82, 2.24) is 0 Å². The minimum Gasteiger partial charge on any atom is -0.492 e. The van der Waals surface area contributed by atoms with Gasteiger partial charge in [-0.2, -0.15) is 0 Å². The average molecular weight is 376 g/mol. The van der Waals surface area contributed by atoms with Gasteiger partial charge >= 0.3 is 7.12 Å². The number of aldehydes is 1. The first-order chi connectivity index (χ1) is 12.8. The Morgan fingerprint density at radius 3 is 2.52 bits per heavy atom. The molecule has 0 radical (unpaired) electrons. The lowest BCUT2D eigenvalue weighted by Crippen LogP contribution is -2.41. The van der Waals surface area contributed by atoms with Gasteiger partial charge in [0.2, 0.25) is 0 Å². The average Bonchev–Trinajstić information content (AvgIpc) is 2.86. The first kappa shape index (κ1) is 20.3. The molecule has 2 aliphatic rings. The third kappa shape index (κ3) is 4.54. The molecule has 2 heterocycles. The lowest BCUT2D eigenvalue weighted by Gasteiger charge is -2.32. The standard InChI is InChI=1S/C20H29BO6/c1-19(2)20(3,4)27-21(26-19)18-15(14-22)8-7-9-16(18)23-12-13-25-17-10-5-6-11-24-17/h7-9,14,17H,5-6,10-13H2,1-4H3. The SMILES string of the molecule is CC1(C)OB(c2c(C=O)cccc2OCCOC2CCCCO2)OC1(C)C. The van der Waals surface area contributed by atoms with Crippen LogP contribution in [0.1, 0.15) is 57.3 Å². The third-order valence-corrected chi connectivity index (χ3v) is 5.50. The van der Waals surface area contributed by atoms with Crippen LogP contribution in [0.3, 0.4) is 0 Å². The van der Waals surface area contributed by atoms with E-state index in [2.05, 4.69) is 0 Å². The maximum atomic E-state index is 11.6. The van der Waals surface area contributed by atoms with E-state index < -0.39 is 18.3 Å². The molecular weight excluding hydrogens is 347 g/mol. The summed E-state index contributed by atoms with van der Waals surface area (Å²) in [7, 11) is -0.658. The Morgan fingerprint density at radius 1 is 1.15 bits per heavy atom. The molecule has 1 aromatic rings. The van der Waals surface area contributed by atoms with Gasteiger partial charge in [0.05, 0.1) is 17.8 Å². The minimum absolute atomic E-state index is 0.147. The summed E-state index contributed by atoms with van der Waals surface area (Å²) >= 11 is 0. The van der Waals surface area contributed by atoms with Crippen LogP contribution in [0.15, 0.2) is 18.2 Å². The van der Waals surface area contributed by atoms with Crippen molar-refractivity contribution < 1.29 is 28.3 Å². The van der Waals surface area contributed by atoms with Crippen LogP contribution in [-0.4, -0.2) is 50.7 Å². The van der Waals surface area contributed by atoms with E-state index in [1.807, 2.05) is 33.8 Å². The molecule has 0 bridgehead atoms. The van der Waals surface area contributed by atoms with Gasteiger partial charge < -0.3 is 23.5 Å². The summed E-state index contributed by atoms with van der Waals surface area (Å²) in [4.78, 5) is 11.6. The van der Waals surface area contributed by atoms with Gasteiger partial charge in [-0.15, -0.1) is 0 Å². The van der Waals surface area contributed by atoms with E-state index in [-0.39, 0.29) is 6.29 Å². The number of rotatable bonds is 7. The molecule has 0 aromatic heterocycles. The van der Waals surface area contributed by atoms with E-state index in [0.717, 1.165) is 32.2 Å². The van der Waals surface area contributed by atoms with Gasteiger partial charge in [-0.25, -0.2) is 0 Å². The van der Waals surface area contributed by atoms with Crippen LogP contribution in [0.2, 0.25) is 0 Å².